The number of carboxylic acids is 1. The number of carbonyl (C=O) groups excluding carboxylic acids is 1. The third kappa shape index (κ3) is 3.81. The SMILES string of the molecule is C[Si](C)(C)c1ccc(Nc2cnc(C=O)cc2C(=O)O)c(F)c1. The van der Waals surface area contributed by atoms with Crippen molar-refractivity contribution in [2.75, 3.05) is 5.32 Å². The number of pyridine rings is 1. The average molecular weight is 332 g/mol. The van der Waals surface area contributed by atoms with Crippen LogP contribution in [0.15, 0.2) is 30.5 Å². The van der Waals surface area contributed by atoms with Crippen LogP contribution in [0.3, 0.4) is 0 Å². The van der Waals surface area contributed by atoms with Crippen LogP contribution in [0.2, 0.25) is 19.6 Å². The van der Waals surface area contributed by atoms with Crippen molar-refractivity contribution in [1.29, 1.82) is 0 Å². The van der Waals surface area contributed by atoms with E-state index < -0.39 is 19.9 Å². The van der Waals surface area contributed by atoms with Gasteiger partial charge in [0.2, 0.25) is 0 Å². The summed E-state index contributed by atoms with van der Waals surface area (Å²) in [6.07, 6.45) is 1.67. The molecule has 0 aliphatic carbocycles. The molecular formula is C16H17FN2O3Si. The van der Waals surface area contributed by atoms with E-state index in [0.29, 0.717) is 6.29 Å². The van der Waals surface area contributed by atoms with Gasteiger partial charge in [-0.3, -0.25) is 9.78 Å². The van der Waals surface area contributed by atoms with E-state index in [9.17, 15) is 19.1 Å². The molecule has 0 aliphatic rings. The number of nitrogens with zero attached hydrogens (tertiary/aromatic N) is 1. The number of aromatic carboxylic acids is 1. The molecular weight excluding hydrogens is 315 g/mol. The molecule has 0 saturated heterocycles. The van der Waals surface area contributed by atoms with Crippen LogP contribution in [0, 0.1) is 5.82 Å². The standard InChI is InChI=1S/C16H17FN2O3Si/c1-23(2,3)11-4-5-14(13(17)7-11)19-15-8-18-10(9-20)6-12(15)16(21)22/h4-9,19H,1-3H3,(H,21,22). The van der Waals surface area contributed by atoms with Crippen molar-refractivity contribution in [3.8, 4) is 0 Å². The maximum Gasteiger partial charge on any atom is 0.337 e. The van der Waals surface area contributed by atoms with Gasteiger partial charge < -0.3 is 10.4 Å². The fourth-order valence-corrected chi connectivity index (χ4v) is 3.18. The molecule has 1 aromatic heterocycles. The van der Waals surface area contributed by atoms with E-state index >= 15 is 0 Å². The predicted octanol–water partition coefficient (Wildman–Crippen LogP) is 3.02. The topological polar surface area (TPSA) is 79.3 Å². The van der Waals surface area contributed by atoms with E-state index in [4.69, 9.17) is 0 Å². The second-order valence-corrected chi connectivity index (χ2v) is 11.2. The molecule has 2 N–H and O–H groups in total. The molecule has 0 radical (unpaired) electrons. The Morgan fingerprint density at radius 1 is 1.26 bits per heavy atom. The summed E-state index contributed by atoms with van der Waals surface area (Å²) in [5.74, 6) is -1.68. The lowest BCUT2D eigenvalue weighted by Crippen LogP contribution is -2.37. The summed E-state index contributed by atoms with van der Waals surface area (Å²) in [7, 11) is -1.63. The van der Waals surface area contributed by atoms with Crippen LogP contribution in [-0.4, -0.2) is 30.4 Å². The largest absolute Gasteiger partial charge is 0.478 e. The second kappa shape index (κ2) is 6.29. The summed E-state index contributed by atoms with van der Waals surface area (Å²) in [6, 6.07) is 6.04. The first-order valence-corrected chi connectivity index (χ1v) is 10.5. The highest BCUT2D eigenvalue weighted by atomic mass is 28.3. The van der Waals surface area contributed by atoms with Gasteiger partial charge in [-0.15, -0.1) is 0 Å². The van der Waals surface area contributed by atoms with E-state index in [2.05, 4.69) is 29.9 Å². The Morgan fingerprint density at radius 2 is 1.96 bits per heavy atom. The molecule has 1 aromatic carbocycles. The minimum Gasteiger partial charge on any atom is -0.478 e. The van der Waals surface area contributed by atoms with E-state index in [1.807, 2.05) is 6.07 Å². The summed E-state index contributed by atoms with van der Waals surface area (Å²) >= 11 is 0. The van der Waals surface area contributed by atoms with Crippen molar-refractivity contribution in [1.82, 2.24) is 4.98 Å². The van der Waals surface area contributed by atoms with Crippen molar-refractivity contribution >= 4 is 36.9 Å². The lowest BCUT2D eigenvalue weighted by Gasteiger charge is -2.18. The van der Waals surface area contributed by atoms with Gasteiger partial charge in [-0.2, -0.15) is 0 Å². The van der Waals surface area contributed by atoms with Crippen molar-refractivity contribution in [3.63, 3.8) is 0 Å². The molecule has 0 saturated carbocycles. The number of benzene rings is 1. The molecule has 120 valence electrons. The van der Waals surface area contributed by atoms with Crippen molar-refractivity contribution in [3.05, 3.63) is 47.5 Å². The van der Waals surface area contributed by atoms with Crippen LogP contribution in [0.25, 0.3) is 0 Å². The number of hydrogen-bond donors (Lipinski definition) is 2. The molecule has 0 atom stereocenters. The monoisotopic (exact) mass is 332 g/mol. The number of halogens is 1. The number of aldehydes is 1. The minimum atomic E-state index is -1.63. The lowest BCUT2D eigenvalue weighted by atomic mass is 10.2. The highest BCUT2D eigenvalue weighted by Crippen LogP contribution is 2.23. The van der Waals surface area contributed by atoms with E-state index in [-0.39, 0.29) is 22.6 Å². The maximum atomic E-state index is 14.3. The molecule has 0 aliphatic heterocycles. The Labute approximate surface area is 134 Å². The molecule has 7 heteroatoms. The first-order chi connectivity index (χ1) is 10.7. The summed E-state index contributed by atoms with van der Waals surface area (Å²) in [4.78, 5) is 25.8. The predicted molar refractivity (Wildman–Crippen MR) is 89.2 cm³/mol. The summed E-state index contributed by atoms with van der Waals surface area (Å²) in [5, 5.41) is 12.9. The van der Waals surface area contributed by atoms with E-state index in [1.54, 1.807) is 6.07 Å². The molecule has 23 heavy (non-hydrogen) atoms. The van der Waals surface area contributed by atoms with Gasteiger partial charge in [-0.05, 0) is 18.2 Å². The Morgan fingerprint density at radius 3 is 2.48 bits per heavy atom. The fourth-order valence-electron chi connectivity index (χ4n) is 2.04. The van der Waals surface area contributed by atoms with Crippen molar-refractivity contribution in [2.24, 2.45) is 0 Å². The molecule has 0 spiro atoms. The van der Waals surface area contributed by atoms with Gasteiger partial charge in [0.25, 0.3) is 0 Å². The number of carboxylic acid groups (broad SMARTS) is 1. The summed E-state index contributed by atoms with van der Waals surface area (Å²) < 4.78 is 14.3. The molecule has 0 fully saturated rings. The van der Waals surface area contributed by atoms with Crippen LogP contribution in [0.5, 0.6) is 0 Å². The third-order valence-corrected chi connectivity index (χ3v) is 5.42. The first-order valence-electron chi connectivity index (χ1n) is 6.98. The number of hydrogen-bond acceptors (Lipinski definition) is 4. The zero-order chi connectivity index (χ0) is 17.2. The molecule has 5 nitrogen and oxygen atoms in total. The van der Waals surface area contributed by atoms with Gasteiger partial charge in [0, 0.05) is 0 Å². The molecule has 1 heterocycles. The van der Waals surface area contributed by atoms with Crippen LogP contribution in [0.1, 0.15) is 20.8 Å². The molecule has 0 unspecified atom stereocenters. The van der Waals surface area contributed by atoms with Crippen LogP contribution >= 0.6 is 0 Å². The minimum absolute atomic E-state index is 0.00232. The smallest absolute Gasteiger partial charge is 0.337 e. The molecule has 2 rings (SSSR count). The van der Waals surface area contributed by atoms with Crippen molar-refractivity contribution < 1.29 is 19.1 Å². The lowest BCUT2D eigenvalue weighted by molar-refractivity contribution is 0.0698. The average Bonchev–Trinajstić information content (AvgIpc) is 2.48. The van der Waals surface area contributed by atoms with Gasteiger partial charge in [-0.1, -0.05) is 30.9 Å². The first kappa shape index (κ1) is 16.8. The van der Waals surface area contributed by atoms with Gasteiger partial charge in [0.05, 0.1) is 31.2 Å². The number of carbonyl (C=O) groups is 2. The number of aromatic nitrogens is 1. The van der Waals surface area contributed by atoms with E-state index in [1.165, 1.54) is 12.3 Å². The quantitative estimate of drug-likeness (QED) is 0.650. The third-order valence-electron chi connectivity index (χ3n) is 3.38. The van der Waals surface area contributed by atoms with Crippen LogP contribution in [-0.2, 0) is 0 Å². The normalized spacial score (nSPS) is 11.1. The van der Waals surface area contributed by atoms with Gasteiger partial charge >= 0.3 is 5.97 Å². The van der Waals surface area contributed by atoms with Crippen LogP contribution < -0.4 is 10.5 Å². The Bertz CT molecular complexity index is 772. The Hall–Kier alpha value is -2.54. The van der Waals surface area contributed by atoms with Gasteiger partial charge in [-0.25, -0.2) is 9.18 Å². The Balaban J connectivity index is 2.40. The highest BCUT2D eigenvalue weighted by Gasteiger charge is 2.19. The molecule has 0 amide bonds. The molecule has 2 aromatic rings. The number of rotatable bonds is 5. The maximum absolute atomic E-state index is 14.3. The highest BCUT2D eigenvalue weighted by molar-refractivity contribution is 6.88. The fraction of sp³-hybridized carbons (Fsp3) is 0.188. The number of anilines is 2. The van der Waals surface area contributed by atoms with Crippen molar-refractivity contribution in [2.45, 2.75) is 19.6 Å². The zero-order valence-electron chi connectivity index (χ0n) is 13.1. The number of nitrogens with one attached hydrogen (secondary N) is 1. The van der Waals surface area contributed by atoms with Gasteiger partial charge in [0.15, 0.2) is 6.29 Å². The van der Waals surface area contributed by atoms with Crippen LogP contribution in [0.4, 0.5) is 15.8 Å². The Kier molecular flexibility index (Phi) is 4.60. The van der Waals surface area contributed by atoms with Gasteiger partial charge in [0.1, 0.15) is 11.5 Å². The summed E-state index contributed by atoms with van der Waals surface area (Å²) in [6.45, 7) is 6.33. The summed E-state index contributed by atoms with van der Waals surface area (Å²) in [5.41, 5.74) is 0.149. The molecule has 0 bridgehead atoms. The second-order valence-electron chi connectivity index (χ2n) is 6.15. The van der Waals surface area contributed by atoms with E-state index in [0.717, 1.165) is 11.3 Å². The zero-order valence-corrected chi connectivity index (χ0v) is 14.1.